The Hall–Kier alpha value is -3.55. The second-order valence-electron chi connectivity index (χ2n) is 12.0. The molecule has 0 spiro atoms. The number of para-hydroxylation sites is 1. The van der Waals surface area contributed by atoms with E-state index >= 15 is 0 Å². The summed E-state index contributed by atoms with van der Waals surface area (Å²) in [6.45, 7) is 11.6. The van der Waals surface area contributed by atoms with E-state index in [4.69, 9.17) is 9.72 Å². The van der Waals surface area contributed by atoms with E-state index in [-0.39, 0.29) is 11.9 Å². The Labute approximate surface area is 224 Å². The summed E-state index contributed by atoms with van der Waals surface area (Å²) in [7, 11) is 0. The molecular formula is C30H39N5O3. The number of carbonyl (C=O) groups is 2. The second-order valence-corrected chi connectivity index (χ2v) is 12.0. The van der Waals surface area contributed by atoms with Gasteiger partial charge in [-0.2, -0.15) is 0 Å². The van der Waals surface area contributed by atoms with Crippen LogP contribution in [0.25, 0.3) is 11.0 Å². The Morgan fingerprint density at radius 1 is 1.18 bits per heavy atom. The van der Waals surface area contributed by atoms with E-state index in [1.54, 1.807) is 0 Å². The number of amides is 3. The number of rotatable bonds is 8. The zero-order chi connectivity index (χ0) is 27.0. The number of ether oxygens (including phenoxy) is 1. The normalized spacial score (nSPS) is 16.6. The zero-order valence-corrected chi connectivity index (χ0v) is 23.1. The highest BCUT2D eigenvalue weighted by Gasteiger charge is 2.40. The van der Waals surface area contributed by atoms with Crippen LogP contribution in [0, 0.1) is 5.92 Å². The quantitative estimate of drug-likeness (QED) is 0.366. The third kappa shape index (κ3) is 5.95. The lowest BCUT2D eigenvalue weighted by Gasteiger charge is -2.39. The van der Waals surface area contributed by atoms with Crippen LogP contribution >= 0.6 is 0 Å². The van der Waals surface area contributed by atoms with E-state index in [1.807, 2.05) is 54.8 Å². The first-order valence-electron chi connectivity index (χ1n) is 13.7. The number of carbonyl (C=O) groups excluding carboxylic acids is 2. The first-order chi connectivity index (χ1) is 18.1. The Bertz CT molecular complexity index is 1320. The van der Waals surface area contributed by atoms with Gasteiger partial charge < -0.3 is 19.9 Å². The molecule has 1 aliphatic carbocycles. The highest BCUT2D eigenvalue weighted by Crippen LogP contribution is 2.38. The van der Waals surface area contributed by atoms with Gasteiger partial charge in [-0.1, -0.05) is 38.1 Å². The number of fused-ring (bicyclic) bond motifs is 2. The number of anilines is 1. The maximum absolute atomic E-state index is 13.6. The maximum atomic E-state index is 13.6. The molecule has 1 aromatic heterocycles. The molecule has 2 heterocycles. The number of aromatic amines is 1. The molecule has 0 saturated heterocycles. The molecule has 8 nitrogen and oxygen atoms in total. The predicted molar refractivity (Wildman–Crippen MR) is 149 cm³/mol. The highest BCUT2D eigenvalue weighted by atomic mass is 16.6. The van der Waals surface area contributed by atoms with Crippen molar-refractivity contribution < 1.29 is 14.3 Å². The van der Waals surface area contributed by atoms with Crippen molar-refractivity contribution in [2.24, 2.45) is 5.92 Å². The molecule has 8 heteroatoms. The summed E-state index contributed by atoms with van der Waals surface area (Å²) in [5, 5.41) is 2.82. The molecule has 2 aliphatic rings. The molecule has 2 N–H and O–H groups in total. The lowest BCUT2D eigenvalue weighted by atomic mass is 9.95. The van der Waals surface area contributed by atoms with Gasteiger partial charge in [0.05, 0.1) is 16.7 Å². The number of benzene rings is 2. The average Bonchev–Trinajstić information content (AvgIpc) is 3.60. The smallest absolute Gasteiger partial charge is 0.407 e. The standard InChI is InChI=1S/C30H39N5O3/c1-19(2)14-22(18-35-26-9-7-6-8-21(26)17-34(29(35)37)23-11-12-23)27-32-24-13-10-20(15-25(24)33-27)16-31-28(36)38-30(3,4)5/h6-10,13,15,19,22-23H,11-12,14,16-18H2,1-5H3,(H,31,36)(H,32,33). The van der Waals surface area contributed by atoms with Gasteiger partial charge >= 0.3 is 12.1 Å². The van der Waals surface area contributed by atoms with Crippen molar-refractivity contribution in [3.05, 3.63) is 59.4 Å². The summed E-state index contributed by atoms with van der Waals surface area (Å²) in [4.78, 5) is 38.2. The molecule has 5 rings (SSSR count). The van der Waals surface area contributed by atoms with Crippen LogP contribution in [-0.4, -0.2) is 45.2 Å². The molecule has 2 aromatic carbocycles. The van der Waals surface area contributed by atoms with Crippen LogP contribution in [0.1, 0.15) is 76.8 Å². The van der Waals surface area contributed by atoms with Gasteiger partial charge in [0, 0.05) is 31.6 Å². The molecule has 0 radical (unpaired) electrons. The molecule has 1 unspecified atom stereocenters. The van der Waals surface area contributed by atoms with Crippen LogP contribution < -0.4 is 10.2 Å². The number of alkyl carbamates (subject to hydrolysis) is 1. The van der Waals surface area contributed by atoms with Crippen molar-refractivity contribution in [2.45, 2.75) is 84.5 Å². The van der Waals surface area contributed by atoms with Crippen LogP contribution in [0.5, 0.6) is 0 Å². The maximum Gasteiger partial charge on any atom is 0.407 e. The summed E-state index contributed by atoms with van der Waals surface area (Å²) < 4.78 is 5.35. The molecule has 1 atom stereocenters. The van der Waals surface area contributed by atoms with Crippen LogP contribution in [0.4, 0.5) is 15.3 Å². The van der Waals surface area contributed by atoms with E-state index < -0.39 is 11.7 Å². The summed E-state index contributed by atoms with van der Waals surface area (Å²) in [5.41, 5.74) is 4.42. The van der Waals surface area contributed by atoms with Crippen molar-refractivity contribution in [2.75, 3.05) is 11.4 Å². The van der Waals surface area contributed by atoms with Crippen LogP contribution in [0.2, 0.25) is 0 Å². The highest BCUT2D eigenvalue weighted by molar-refractivity contribution is 5.95. The third-order valence-electron chi connectivity index (χ3n) is 7.03. The van der Waals surface area contributed by atoms with Crippen molar-refractivity contribution in [1.29, 1.82) is 0 Å². The number of aromatic nitrogens is 2. The zero-order valence-electron chi connectivity index (χ0n) is 23.1. The number of nitrogens with one attached hydrogen (secondary N) is 2. The number of urea groups is 1. The molecular weight excluding hydrogens is 478 g/mol. The van der Waals surface area contributed by atoms with E-state index in [2.05, 4.69) is 42.3 Å². The molecule has 202 valence electrons. The number of hydrogen-bond acceptors (Lipinski definition) is 4. The van der Waals surface area contributed by atoms with Crippen molar-refractivity contribution in [1.82, 2.24) is 20.2 Å². The third-order valence-corrected chi connectivity index (χ3v) is 7.03. The minimum atomic E-state index is -0.538. The van der Waals surface area contributed by atoms with Gasteiger partial charge in [-0.3, -0.25) is 4.90 Å². The summed E-state index contributed by atoms with van der Waals surface area (Å²) >= 11 is 0. The lowest BCUT2D eigenvalue weighted by molar-refractivity contribution is 0.0523. The largest absolute Gasteiger partial charge is 0.444 e. The topological polar surface area (TPSA) is 90.6 Å². The molecule has 1 fully saturated rings. The van der Waals surface area contributed by atoms with Crippen LogP contribution in [0.3, 0.4) is 0 Å². The van der Waals surface area contributed by atoms with Crippen LogP contribution in [0.15, 0.2) is 42.5 Å². The lowest BCUT2D eigenvalue weighted by Crippen LogP contribution is -2.49. The van der Waals surface area contributed by atoms with Gasteiger partial charge in [-0.25, -0.2) is 14.6 Å². The fourth-order valence-corrected chi connectivity index (χ4v) is 5.20. The van der Waals surface area contributed by atoms with E-state index in [0.29, 0.717) is 31.6 Å². The van der Waals surface area contributed by atoms with E-state index in [9.17, 15) is 9.59 Å². The Balaban J connectivity index is 1.37. The van der Waals surface area contributed by atoms with Gasteiger partial charge in [-0.15, -0.1) is 0 Å². The van der Waals surface area contributed by atoms with Gasteiger partial charge in [0.1, 0.15) is 11.4 Å². The van der Waals surface area contributed by atoms with Crippen LogP contribution in [-0.2, 0) is 17.8 Å². The van der Waals surface area contributed by atoms with Crippen molar-refractivity contribution in [3.63, 3.8) is 0 Å². The minimum absolute atomic E-state index is 0.0573. The Morgan fingerprint density at radius 2 is 1.95 bits per heavy atom. The summed E-state index contributed by atoms with van der Waals surface area (Å²) in [5.74, 6) is 1.39. The molecule has 1 aliphatic heterocycles. The molecule has 3 amide bonds. The predicted octanol–water partition coefficient (Wildman–Crippen LogP) is 6.32. The summed E-state index contributed by atoms with van der Waals surface area (Å²) in [6, 6.07) is 14.7. The SMILES string of the molecule is CC(C)CC(CN1C(=O)N(C2CC2)Cc2ccccc21)c1nc2ccc(CNC(=O)OC(C)(C)C)cc2[nH]1. The second kappa shape index (κ2) is 10.3. The summed E-state index contributed by atoms with van der Waals surface area (Å²) in [6.07, 6.45) is 2.64. The number of hydrogen-bond donors (Lipinski definition) is 2. The van der Waals surface area contributed by atoms with Crippen molar-refractivity contribution in [3.8, 4) is 0 Å². The number of nitrogens with zero attached hydrogens (tertiary/aromatic N) is 3. The number of H-pyrrole nitrogens is 1. The van der Waals surface area contributed by atoms with Gasteiger partial charge in [-0.05, 0) is 75.3 Å². The molecule has 3 aromatic rings. The fraction of sp³-hybridized carbons (Fsp3) is 0.500. The molecule has 0 bridgehead atoms. The monoisotopic (exact) mass is 517 g/mol. The van der Waals surface area contributed by atoms with Gasteiger partial charge in [0.2, 0.25) is 0 Å². The van der Waals surface area contributed by atoms with Crippen molar-refractivity contribution >= 4 is 28.8 Å². The first kappa shape index (κ1) is 26.1. The minimum Gasteiger partial charge on any atom is -0.444 e. The van der Waals surface area contributed by atoms with E-state index in [1.165, 1.54) is 5.56 Å². The van der Waals surface area contributed by atoms with Gasteiger partial charge in [0.25, 0.3) is 0 Å². The number of imidazole rings is 1. The Kier molecular flexibility index (Phi) is 7.07. The fourth-order valence-electron chi connectivity index (χ4n) is 5.20. The Morgan fingerprint density at radius 3 is 2.66 bits per heavy atom. The van der Waals surface area contributed by atoms with E-state index in [0.717, 1.165) is 47.4 Å². The molecule has 38 heavy (non-hydrogen) atoms. The van der Waals surface area contributed by atoms with Gasteiger partial charge in [0.15, 0.2) is 0 Å². The molecule has 1 saturated carbocycles. The average molecular weight is 518 g/mol. The first-order valence-corrected chi connectivity index (χ1v) is 13.7.